The Bertz CT molecular complexity index is 1270. The van der Waals surface area contributed by atoms with E-state index in [1.54, 1.807) is 0 Å². The summed E-state index contributed by atoms with van der Waals surface area (Å²) >= 11 is 0. The number of fused-ring (bicyclic) bond motifs is 1. The molecule has 1 aromatic carbocycles. The molecule has 3 heterocycles. The third kappa shape index (κ3) is 4.69. The van der Waals surface area contributed by atoms with Crippen molar-refractivity contribution in [3.8, 4) is 17.0 Å². The van der Waals surface area contributed by atoms with Gasteiger partial charge in [-0.25, -0.2) is 9.97 Å². The highest BCUT2D eigenvalue weighted by molar-refractivity contribution is 5.84. The van der Waals surface area contributed by atoms with Gasteiger partial charge in [-0.05, 0) is 50.2 Å². The van der Waals surface area contributed by atoms with E-state index in [2.05, 4.69) is 39.4 Å². The standard InChI is InChI=1S/C25H30N6O2/c1-15-5-9-20(10-6-15)28-25-26-12-21(18-7-8-19-13-31(4)30-22(19)11-18)24(29-25)32-14-23-16(2)33-17(3)27-23/h7-8,11-13,15,20H,5-6,9-10,14H2,1-4H3,(H,26,28,29). The van der Waals surface area contributed by atoms with Crippen LogP contribution in [0.3, 0.4) is 0 Å². The predicted octanol–water partition coefficient (Wildman–Crippen LogP) is 5.20. The minimum Gasteiger partial charge on any atom is -0.470 e. The molecular weight excluding hydrogens is 416 g/mol. The van der Waals surface area contributed by atoms with E-state index in [1.807, 2.05) is 44.0 Å². The summed E-state index contributed by atoms with van der Waals surface area (Å²) in [6, 6.07) is 6.55. The number of hydrogen-bond donors (Lipinski definition) is 1. The van der Waals surface area contributed by atoms with E-state index in [0.717, 1.165) is 52.2 Å². The normalized spacial score (nSPS) is 18.5. The Kier molecular flexibility index (Phi) is 5.74. The Morgan fingerprint density at radius 3 is 2.73 bits per heavy atom. The Morgan fingerprint density at radius 2 is 1.97 bits per heavy atom. The van der Waals surface area contributed by atoms with E-state index in [4.69, 9.17) is 14.1 Å². The molecule has 0 atom stereocenters. The van der Waals surface area contributed by atoms with Crippen LogP contribution in [0.2, 0.25) is 0 Å². The molecule has 1 saturated carbocycles. The van der Waals surface area contributed by atoms with E-state index in [0.29, 0.717) is 23.8 Å². The molecule has 0 bridgehead atoms. The SMILES string of the molecule is Cc1nc(COc2nc(NC3CCC(C)CC3)ncc2-c2ccc3cn(C)nc3c2)c(C)o1. The molecule has 4 aromatic rings. The van der Waals surface area contributed by atoms with Crippen molar-refractivity contribution in [2.75, 3.05) is 5.32 Å². The van der Waals surface area contributed by atoms with Gasteiger partial charge in [0.2, 0.25) is 11.8 Å². The Morgan fingerprint density at radius 1 is 1.15 bits per heavy atom. The lowest BCUT2D eigenvalue weighted by atomic mass is 9.87. The molecule has 0 unspecified atom stereocenters. The van der Waals surface area contributed by atoms with Gasteiger partial charge in [-0.3, -0.25) is 4.68 Å². The molecule has 172 valence electrons. The smallest absolute Gasteiger partial charge is 0.226 e. The first-order chi connectivity index (χ1) is 15.9. The van der Waals surface area contributed by atoms with E-state index in [9.17, 15) is 0 Å². The predicted molar refractivity (Wildman–Crippen MR) is 127 cm³/mol. The number of aryl methyl sites for hydroxylation is 3. The molecule has 3 aromatic heterocycles. The molecule has 0 amide bonds. The van der Waals surface area contributed by atoms with Gasteiger partial charge in [0.1, 0.15) is 18.1 Å². The topological polar surface area (TPSA) is 90.9 Å². The zero-order valence-corrected chi connectivity index (χ0v) is 19.6. The average molecular weight is 447 g/mol. The molecule has 0 radical (unpaired) electrons. The van der Waals surface area contributed by atoms with Crippen molar-refractivity contribution < 1.29 is 9.15 Å². The average Bonchev–Trinajstić information content (AvgIpc) is 3.33. The number of nitrogens with one attached hydrogen (secondary N) is 1. The monoisotopic (exact) mass is 446 g/mol. The van der Waals surface area contributed by atoms with Crippen LogP contribution in [0.1, 0.15) is 50.0 Å². The van der Waals surface area contributed by atoms with Crippen molar-refractivity contribution >= 4 is 16.9 Å². The fourth-order valence-electron chi connectivity index (χ4n) is 4.48. The van der Waals surface area contributed by atoms with Crippen molar-refractivity contribution in [2.24, 2.45) is 13.0 Å². The zero-order chi connectivity index (χ0) is 22.9. The van der Waals surface area contributed by atoms with Crippen LogP contribution in [0, 0.1) is 19.8 Å². The molecule has 0 spiro atoms. The van der Waals surface area contributed by atoms with Crippen molar-refractivity contribution in [2.45, 2.75) is 59.1 Å². The number of hydrogen-bond acceptors (Lipinski definition) is 7. The number of rotatable bonds is 6. The van der Waals surface area contributed by atoms with Gasteiger partial charge in [-0.1, -0.05) is 19.1 Å². The lowest BCUT2D eigenvalue weighted by Crippen LogP contribution is -2.26. The molecule has 33 heavy (non-hydrogen) atoms. The largest absolute Gasteiger partial charge is 0.470 e. The van der Waals surface area contributed by atoms with Gasteiger partial charge in [-0.15, -0.1) is 0 Å². The number of ether oxygens (including phenoxy) is 1. The van der Waals surface area contributed by atoms with Crippen LogP contribution >= 0.6 is 0 Å². The van der Waals surface area contributed by atoms with Crippen LogP contribution in [-0.4, -0.2) is 30.8 Å². The molecule has 0 aliphatic heterocycles. The molecular formula is C25H30N6O2. The highest BCUT2D eigenvalue weighted by Crippen LogP contribution is 2.32. The summed E-state index contributed by atoms with van der Waals surface area (Å²) in [6.45, 7) is 6.33. The van der Waals surface area contributed by atoms with E-state index in [-0.39, 0.29) is 6.61 Å². The minimum atomic E-state index is 0.277. The molecule has 8 nitrogen and oxygen atoms in total. The van der Waals surface area contributed by atoms with Crippen molar-refractivity contribution in [3.05, 3.63) is 47.9 Å². The number of benzene rings is 1. The van der Waals surface area contributed by atoms with Gasteiger partial charge in [-0.2, -0.15) is 10.1 Å². The highest BCUT2D eigenvalue weighted by Gasteiger charge is 2.20. The number of nitrogens with zero attached hydrogens (tertiary/aromatic N) is 5. The second kappa shape index (κ2) is 8.84. The van der Waals surface area contributed by atoms with E-state index in [1.165, 1.54) is 12.8 Å². The molecule has 5 rings (SSSR count). The first-order valence-electron chi connectivity index (χ1n) is 11.6. The lowest BCUT2D eigenvalue weighted by Gasteiger charge is -2.27. The van der Waals surface area contributed by atoms with Gasteiger partial charge >= 0.3 is 0 Å². The maximum atomic E-state index is 6.20. The summed E-state index contributed by atoms with van der Waals surface area (Å²) in [4.78, 5) is 13.8. The highest BCUT2D eigenvalue weighted by atomic mass is 16.5. The van der Waals surface area contributed by atoms with Gasteiger partial charge in [0.15, 0.2) is 5.89 Å². The molecule has 1 N–H and O–H groups in total. The fraction of sp³-hybridized carbons (Fsp3) is 0.440. The quantitative estimate of drug-likeness (QED) is 0.435. The Labute approximate surface area is 193 Å². The second-order valence-electron chi connectivity index (χ2n) is 9.11. The number of oxazole rings is 1. The Hall–Kier alpha value is -3.42. The third-order valence-corrected chi connectivity index (χ3v) is 6.38. The fourth-order valence-corrected chi connectivity index (χ4v) is 4.48. The maximum absolute atomic E-state index is 6.20. The third-order valence-electron chi connectivity index (χ3n) is 6.38. The van der Waals surface area contributed by atoms with Crippen LogP contribution < -0.4 is 10.1 Å². The summed E-state index contributed by atoms with van der Waals surface area (Å²) in [5.74, 6) is 3.30. The first-order valence-corrected chi connectivity index (χ1v) is 11.6. The zero-order valence-electron chi connectivity index (χ0n) is 19.6. The van der Waals surface area contributed by atoms with Crippen LogP contribution in [0.4, 0.5) is 5.95 Å². The van der Waals surface area contributed by atoms with Crippen LogP contribution in [-0.2, 0) is 13.7 Å². The molecule has 1 aliphatic carbocycles. The molecule has 8 heteroatoms. The van der Waals surface area contributed by atoms with Crippen LogP contribution in [0.25, 0.3) is 22.0 Å². The van der Waals surface area contributed by atoms with Crippen molar-refractivity contribution in [1.29, 1.82) is 0 Å². The van der Waals surface area contributed by atoms with Gasteiger partial charge < -0.3 is 14.5 Å². The van der Waals surface area contributed by atoms with Gasteiger partial charge in [0.25, 0.3) is 0 Å². The first kappa shape index (κ1) is 21.4. The summed E-state index contributed by atoms with van der Waals surface area (Å²) in [5.41, 5.74) is 3.47. The second-order valence-corrected chi connectivity index (χ2v) is 9.11. The summed E-state index contributed by atoms with van der Waals surface area (Å²) in [6.07, 6.45) is 8.57. The van der Waals surface area contributed by atoms with Crippen LogP contribution in [0.15, 0.2) is 35.0 Å². The van der Waals surface area contributed by atoms with Gasteiger partial charge in [0.05, 0.1) is 11.1 Å². The van der Waals surface area contributed by atoms with E-state index >= 15 is 0 Å². The Balaban J connectivity index is 1.45. The van der Waals surface area contributed by atoms with Crippen molar-refractivity contribution in [3.63, 3.8) is 0 Å². The van der Waals surface area contributed by atoms with Gasteiger partial charge in [0, 0.05) is 37.8 Å². The number of anilines is 1. The number of aromatic nitrogens is 5. The van der Waals surface area contributed by atoms with E-state index < -0.39 is 0 Å². The maximum Gasteiger partial charge on any atom is 0.226 e. The summed E-state index contributed by atoms with van der Waals surface area (Å²) in [7, 11) is 1.92. The van der Waals surface area contributed by atoms with Crippen LogP contribution in [0.5, 0.6) is 5.88 Å². The molecule has 0 saturated heterocycles. The lowest BCUT2D eigenvalue weighted by molar-refractivity contribution is 0.288. The summed E-state index contributed by atoms with van der Waals surface area (Å²) in [5, 5.41) is 9.14. The molecule has 1 fully saturated rings. The van der Waals surface area contributed by atoms with Crippen molar-refractivity contribution in [1.82, 2.24) is 24.7 Å². The molecule has 1 aliphatic rings. The summed E-state index contributed by atoms with van der Waals surface area (Å²) < 4.78 is 13.6. The minimum absolute atomic E-state index is 0.277.